The van der Waals surface area contributed by atoms with Crippen LogP contribution in [0, 0.1) is 5.92 Å². The largest absolute Gasteiger partial charge is 0.454 e. The second kappa shape index (κ2) is 4.97. The number of fused-ring (bicyclic) bond motifs is 1. The smallest absolute Gasteiger partial charge is 0.251 e. The van der Waals surface area contributed by atoms with Crippen LogP contribution in [0.1, 0.15) is 16.8 Å². The average Bonchev–Trinajstić information content (AvgIpc) is 3.01. The van der Waals surface area contributed by atoms with Gasteiger partial charge in [0.15, 0.2) is 21.3 Å². The molecule has 1 N–H and O–H groups in total. The molecule has 6 nitrogen and oxygen atoms in total. The normalized spacial score (nSPS) is 22.7. The van der Waals surface area contributed by atoms with Gasteiger partial charge in [0.05, 0.1) is 11.5 Å². The van der Waals surface area contributed by atoms with Crippen molar-refractivity contribution in [2.45, 2.75) is 6.42 Å². The number of amides is 1. The standard InChI is InChI=1S/C13H15NO5S/c15-13(14-6-9-3-4-20(16,17)7-9)10-1-2-11-12(5-10)19-8-18-11/h1-2,5,9H,3-4,6-8H2,(H,14,15)/t9-/m1/s1. The summed E-state index contributed by atoms with van der Waals surface area (Å²) >= 11 is 0. The first-order chi connectivity index (χ1) is 9.53. The van der Waals surface area contributed by atoms with E-state index in [4.69, 9.17) is 9.47 Å². The molecule has 108 valence electrons. The predicted molar refractivity (Wildman–Crippen MR) is 71.7 cm³/mol. The minimum Gasteiger partial charge on any atom is -0.454 e. The highest BCUT2D eigenvalue weighted by molar-refractivity contribution is 7.91. The fourth-order valence-electron chi connectivity index (χ4n) is 2.41. The van der Waals surface area contributed by atoms with Gasteiger partial charge in [0.1, 0.15) is 0 Å². The molecule has 1 amide bonds. The van der Waals surface area contributed by atoms with Gasteiger partial charge in [-0.05, 0) is 30.5 Å². The maximum Gasteiger partial charge on any atom is 0.251 e. The first kappa shape index (κ1) is 13.2. The maximum atomic E-state index is 12.0. The van der Waals surface area contributed by atoms with Crippen LogP contribution in [-0.2, 0) is 9.84 Å². The Labute approximate surface area is 117 Å². The van der Waals surface area contributed by atoms with Crippen molar-refractivity contribution in [1.82, 2.24) is 5.32 Å². The first-order valence-electron chi connectivity index (χ1n) is 6.42. The van der Waals surface area contributed by atoms with Crippen LogP contribution in [0.4, 0.5) is 0 Å². The Kier molecular flexibility index (Phi) is 3.29. The number of rotatable bonds is 3. The highest BCUT2D eigenvalue weighted by Gasteiger charge is 2.28. The summed E-state index contributed by atoms with van der Waals surface area (Å²) in [6.45, 7) is 0.548. The number of carbonyl (C=O) groups is 1. The summed E-state index contributed by atoms with van der Waals surface area (Å²) in [7, 11) is -2.90. The van der Waals surface area contributed by atoms with E-state index in [1.807, 2.05) is 0 Å². The summed E-state index contributed by atoms with van der Waals surface area (Å²) in [6, 6.07) is 4.98. The SMILES string of the molecule is O=C(NC[C@H]1CCS(=O)(=O)C1)c1ccc2c(c1)OCO2. The lowest BCUT2D eigenvalue weighted by molar-refractivity contribution is 0.0948. The van der Waals surface area contributed by atoms with Gasteiger partial charge in [-0.15, -0.1) is 0 Å². The van der Waals surface area contributed by atoms with Gasteiger partial charge in [0.2, 0.25) is 6.79 Å². The molecular formula is C13H15NO5S. The summed E-state index contributed by atoms with van der Waals surface area (Å²) < 4.78 is 33.1. The van der Waals surface area contributed by atoms with Crippen molar-refractivity contribution >= 4 is 15.7 Å². The van der Waals surface area contributed by atoms with Crippen LogP contribution in [0.3, 0.4) is 0 Å². The van der Waals surface area contributed by atoms with E-state index < -0.39 is 9.84 Å². The quantitative estimate of drug-likeness (QED) is 0.882. The lowest BCUT2D eigenvalue weighted by Crippen LogP contribution is -2.29. The topological polar surface area (TPSA) is 81.7 Å². The third kappa shape index (κ3) is 2.72. The maximum absolute atomic E-state index is 12.0. The van der Waals surface area contributed by atoms with Crippen molar-refractivity contribution in [2.24, 2.45) is 5.92 Å². The highest BCUT2D eigenvalue weighted by atomic mass is 32.2. The van der Waals surface area contributed by atoms with Crippen LogP contribution in [0.15, 0.2) is 18.2 Å². The van der Waals surface area contributed by atoms with Crippen LogP contribution in [0.5, 0.6) is 11.5 Å². The number of hydrogen-bond acceptors (Lipinski definition) is 5. The molecular weight excluding hydrogens is 282 g/mol. The molecule has 0 bridgehead atoms. The Morgan fingerprint density at radius 1 is 1.30 bits per heavy atom. The zero-order chi connectivity index (χ0) is 14.2. The van der Waals surface area contributed by atoms with Gasteiger partial charge in [-0.3, -0.25) is 4.79 Å². The summed E-state index contributed by atoms with van der Waals surface area (Å²) in [6.07, 6.45) is 0.615. The van der Waals surface area contributed by atoms with Crippen molar-refractivity contribution in [2.75, 3.05) is 24.8 Å². The monoisotopic (exact) mass is 297 g/mol. The van der Waals surface area contributed by atoms with Gasteiger partial charge in [-0.2, -0.15) is 0 Å². The molecule has 1 atom stereocenters. The van der Waals surface area contributed by atoms with E-state index in [0.717, 1.165) is 0 Å². The van der Waals surface area contributed by atoms with Crippen LogP contribution in [-0.4, -0.2) is 39.2 Å². The fraction of sp³-hybridized carbons (Fsp3) is 0.462. The molecule has 0 saturated carbocycles. The minimum absolute atomic E-state index is 0.0120. The Balaban J connectivity index is 1.60. The minimum atomic E-state index is -2.90. The Hall–Kier alpha value is -1.76. The molecule has 2 heterocycles. The molecule has 1 aromatic rings. The Morgan fingerprint density at radius 2 is 2.10 bits per heavy atom. The fourth-order valence-corrected chi connectivity index (χ4v) is 4.27. The van der Waals surface area contributed by atoms with Crippen LogP contribution in [0.25, 0.3) is 0 Å². The van der Waals surface area contributed by atoms with Crippen molar-refractivity contribution in [1.29, 1.82) is 0 Å². The third-order valence-corrected chi connectivity index (χ3v) is 5.35. The van der Waals surface area contributed by atoms with Gasteiger partial charge in [0, 0.05) is 12.1 Å². The van der Waals surface area contributed by atoms with Gasteiger partial charge in [0.25, 0.3) is 5.91 Å². The molecule has 2 aliphatic heterocycles. The Morgan fingerprint density at radius 3 is 2.85 bits per heavy atom. The molecule has 0 radical (unpaired) electrons. The summed E-state index contributed by atoms with van der Waals surface area (Å²) in [5.74, 6) is 1.35. The number of benzene rings is 1. The first-order valence-corrected chi connectivity index (χ1v) is 8.24. The number of carbonyl (C=O) groups excluding carboxylic acids is 1. The van der Waals surface area contributed by atoms with Crippen molar-refractivity contribution in [3.05, 3.63) is 23.8 Å². The molecule has 1 aromatic carbocycles. The molecule has 1 saturated heterocycles. The second-order valence-electron chi connectivity index (χ2n) is 5.05. The number of ether oxygens (including phenoxy) is 2. The number of sulfone groups is 1. The summed E-state index contributed by atoms with van der Waals surface area (Å²) in [5, 5.41) is 2.77. The molecule has 0 aliphatic carbocycles. The van der Waals surface area contributed by atoms with Gasteiger partial charge in [-0.1, -0.05) is 0 Å². The highest BCUT2D eigenvalue weighted by Crippen LogP contribution is 2.32. The average molecular weight is 297 g/mol. The van der Waals surface area contributed by atoms with Crippen molar-refractivity contribution < 1.29 is 22.7 Å². The summed E-state index contributed by atoms with van der Waals surface area (Å²) in [4.78, 5) is 12.0. The van der Waals surface area contributed by atoms with E-state index in [1.54, 1.807) is 18.2 Å². The van der Waals surface area contributed by atoms with Crippen LogP contribution in [0.2, 0.25) is 0 Å². The molecule has 2 aliphatic rings. The molecule has 20 heavy (non-hydrogen) atoms. The van der Waals surface area contributed by atoms with Crippen molar-refractivity contribution in [3.63, 3.8) is 0 Å². The zero-order valence-corrected chi connectivity index (χ0v) is 11.6. The van der Waals surface area contributed by atoms with E-state index in [9.17, 15) is 13.2 Å². The molecule has 1 fully saturated rings. The van der Waals surface area contributed by atoms with Crippen molar-refractivity contribution in [3.8, 4) is 11.5 Å². The van der Waals surface area contributed by atoms with E-state index in [-0.39, 0.29) is 30.1 Å². The van der Waals surface area contributed by atoms with Gasteiger partial charge >= 0.3 is 0 Å². The number of hydrogen-bond donors (Lipinski definition) is 1. The van der Waals surface area contributed by atoms with E-state index in [1.165, 1.54) is 0 Å². The lowest BCUT2D eigenvalue weighted by atomic mass is 10.1. The number of nitrogens with one attached hydrogen (secondary N) is 1. The third-order valence-electron chi connectivity index (χ3n) is 3.51. The van der Waals surface area contributed by atoms with E-state index >= 15 is 0 Å². The lowest BCUT2D eigenvalue weighted by Gasteiger charge is -2.10. The molecule has 0 spiro atoms. The zero-order valence-electron chi connectivity index (χ0n) is 10.8. The van der Waals surface area contributed by atoms with Gasteiger partial charge < -0.3 is 14.8 Å². The van der Waals surface area contributed by atoms with E-state index in [0.29, 0.717) is 30.0 Å². The van der Waals surface area contributed by atoms with Crippen LogP contribution >= 0.6 is 0 Å². The molecule has 0 aromatic heterocycles. The van der Waals surface area contributed by atoms with E-state index in [2.05, 4.69) is 5.32 Å². The Bertz CT molecular complexity index is 640. The molecule has 3 rings (SSSR count). The van der Waals surface area contributed by atoms with Gasteiger partial charge in [-0.25, -0.2) is 8.42 Å². The van der Waals surface area contributed by atoms with Crippen LogP contribution < -0.4 is 14.8 Å². The second-order valence-corrected chi connectivity index (χ2v) is 7.28. The predicted octanol–water partition coefficient (Wildman–Crippen LogP) is 0.580. The molecule has 0 unspecified atom stereocenters. The summed E-state index contributed by atoms with van der Waals surface area (Å²) in [5.41, 5.74) is 0.482. The molecule has 7 heteroatoms.